The summed E-state index contributed by atoms with van der Waals surface area (Å²) in [6, 6.07) is 4.32. The molecule has 0 bridgehead atoms. The minimum absolute atomic E-state index is 0.257. The van der Waals surface area contributed by atoms with Gasteiger partial charge in [-0.2, -0.15) is 0 Å². The van der Waals surface area contributed by atoms with Crippen molar-refractivity contribution in [2.45, 2.75) is 44.3 Å². The van der Waals surface area contributed by atoms with E-state index < -0.39 is 0 Å². The molecular formula is C12H17ClS. The standard InChI is InChI=1S/C12H17ClS/c1-8-6-10(14-12(3,4)5)7-9(2)11(8)13/h6-7H,1-5H3. The molecule has 1 aromatic rings. The van der Waals surface area contributed by atoms with Crippen LogP contribution in [0.25, 0.3) is 0 Å². The number of rotatable bonds is 1. The molecule has 0 aliphatic heterocycles. The Balaban J connectivity index is 3.02. The molecule has 0 saturated carbocycles. The molecule has 0 aliphatic rings. The molecule has 1 aromatic carbocycles. The normalized spacial score (nSPS) is 11.9. The molecule has 0 atom stereocenters. The van der Waals surface area contributed by atoms with Gasteiger partial charge in [-0.3, -0.25) is 0 Å². The molecule has 0 saturated heterocycles. The minimum atomic E-state index is 0.257. The van der Waals surface area contributed by atoms with E-state index >= 15 is 0 Å². The SMILES string of the molecule is Cc1cc(SC(C)(C)C)cc(C)c1Cl. The molecule has 0 amide bonds. The second-order valence-electron chi connectivity index (χ2n) is 4.59. The summed E-state index contributed by atoms with van der Waals surface area (Å²) in [6.07, 6.45) is 0. The Hall–Kier alpha value is -0.140. The molecule has 0 fully saturated rings. The number of hydrogen-bond acceptors (Lipinski definition) is 1. The average Bonchev–Trinajstić information content (AvgIpc) is 1.96. The quantitative estimate of drug-likeness (QED) is 0.620. The molecule has 2 heteroatoms. The van der Waals surface area contributed by atoms with Gasteiger partial charge >= 0.3 is 0 Å². The molecular weight excluding hydrogens is 212 g/mol. The van der Waals surface area contributed by atoms with Crippen LogP contribution in [0.2, 0.25) is 5.02 Å². The fourth-order valence-electron chi connectivity index (χ4n) is 1.32. The van der Waals surface area contributed by atoms with Gasteiger partial charge in [0.15, 0.2) is 0 Å². The van der Waals surface area contributed by atoms with E-state index in [2.05, 4.69) is 46.8 Å². The Labute approximate surface area is 96.0 Å². The van der Waals surface area contributed by atoms with Gasteiger partial charge in [0.05, 0.1) is 0 Å². The predicted molar refractivity (Wildman–Crippen MR) is 66.5 cm³/mol. The molecule has 0 spiro atoms. The second-order valence-corrected chi connectivity index (χ2v) is 6.86. The van der Waals surface area contributed by atoms with Crippen molar-refractivity contribution in [1.82, 2.24) is 0 Å². The van der Waals surface area contributed by atoms with Crippen LogP contribution >= 0.6 is 23.4 Å². The number of aryl methyl sites for hydroxylation is 2. The van der Waals surface area contributed by atoms with Gasteiger partial charge in [0, 0.05) is 14.7 Å². The van der Waals surface area contributed by atoms with Gasteiger partial charge in [-0.25, -0.2) is 0 Å². The van der Waals surface area contributed by atoms with Crippen molar-refractivity contribution in [1.29, 1.82) is 0 Å². The highest BCUT2D eigenvalue weighted by Crippen LogP contribution is 2.34. The zero-order valence-electron chi connectivity index (χ0n) is 9.44. The van der Waals surface area contributed by atoms with E-state index in [9.17, 15) is 0 Å². The van der Waals surface area contributed by atoms with Crippen LogP contribution in [0.3, 0.4) is 0 Å². The van der Waals surface area contributed by atoms with Gasteiger partial charge < -0.3 is 0 Å². The third-order valence-electron chi connectivity index (χ3n) is 1.83. The third kappa shape index (κ3) is 3.21. The Morgan fingerprint density at radius 3 is 1.86 bits per heavy atom. The summed E-state index contributed by atoms with van der Waals surface area (Å²) >= 11 is 7.99. The third-order valence-corrected chi connectivity index (χ3v) is 3.51. The summed E-state index contributed by atoms with van der Waals surface area (Å²) in [4.78, 5) is 1.30. The molecule has 0 N–H and O–H groups in total. The van der Waals surface area contributed by atoms with Crippen molar-refractivity contribution in [2.24, 2.45) is 0 Å². The molecule has 0 aliphatic carbocycles. The maximum absolute atomic E-state index is 6.11. The van der Waals surface area contributed by atoms with Gasteiger partial charge in [0.25, 0.3) is 0 Å². The zero-order valence-corrected chi connectivity index (χ0v) is 11.0. The number of thioether (sulfide) groups is 1. The molecule has 0 aromatic heterocycles. The average molecular weight is 229 g/mol. The Morgan fingerprint density at radius 1 is 1.07 bits per heavy atom. The molecule has 0 nitrogen and oxygen atoms in total. The number of benzene rings is 1. The van der Waals surface area contributed by atoms with Crippen molar-refractivity contribution < 1.29 is 0 Å². The van der Waals surface area contributed by atoms with Gasteiger partial charge in [0.2, 0.25) is 0 Å². The summed E-state index contributed by atoms with van der Waals surface area (Å²) in [6.45, 7) is 10.8. The van der Waals surface area contributed by atoms with Crippen molar-refractivity contribution in [3.8, 4) is 0 Å². The van der Waals surface area contributed by atoms with Crippen LogP contribution in [-0.2, 0) is 0 Å². The van der Waals surface area contributed by atoms with E-state index in [0.717, 1.165) is 5.02 Å². The first-order valence-electron chi connectivity index (χ1n) is 4.75. The fraction of sp³-hybridized carbons (Fsp3) is 0.500. The van der Waals surface area contributed by atoms with Crippen LogP contribution in [0.15, 0.2) is 17.0 Å². The van der Waals surface area contributed by atoms with Crippen molar-refractivity contribution in [2.75, 3.05) is 0 Å². The lowest BCUT2D eigenvalue weighted by Crippen LogP contribution is -2.06. The lowest BCUT2D eigenvalue weighted by Gasteiger charge is -2.18. The molecule has 14 heavy (non-hydrogen) atoms. The molecule has 0 unspecified atom stereocenters. The van der Waals surface area contributed by atoms with Crippen LogP contribution < -0.4 is 0 Å². The van der Waals surface area contributed by atoms with Gasteiger partial charge in [-0.15, -0.1) is 11.8 Å². The summed E-state index contributed by atoms with van der Waals surface area (Å²) < 4.78 is 0.257. The van der Waals surface area contributed by atoms with Gasteiger partial charge in [0.1, 0.15) is 0 Å². The topological polar surface area (TPSA) is 0 Å². The Morgan fingerprint density at radius 2 is 1.50 bits per heavy atom. The Bertz CT molecular complexity index is 314. The van der Waals surface area contributed by atoms with E-state index in [0.29, 0.717) is 0 Å². The summed E-state index contributed by atoms with van der Waals surface area (Å²) in [5.41, 5.74) is 2.33. The first-order valence-corrected chi connectivity index (χ1v) is 5.95. The highest BCUT2D eigenvalue weighted by atomic mass is 35.5. The van der Waals surface area contributed by atoms with Crippen LogP contribution in [-0.4, -0.2) is 4.75 Å². The largest absolute Gasteiger partial charge is 0.120 e. The lowest BCUT2D eigenvalue weighted by molar-refractivity contribution is 0.802. The van der Waals surface area contributed by atoms with E-state index in [1.54, 1.807) is 0 Å². The van der Waals surface area contributed by atoms with E-state index in [1.165, 1.54) is 16.0 Å². The van der Waals surface area contributed by atoms with E-state index in [4.69, 9.17) is 11.6 Å². The first-order chi connectivity index (χ1) is 6.29. The fourth-order valence-corrected chi connectivity index (χ4v) is 2.61. The van der Waals surface area contributed by atoms with Crippen molar-refractivity contribution >= 4 is 23.4 Å². The summed E-state index contributed by atoms with van der Waals surface area (Å²) in [5.74, 6) is 0. The highest BCUT2D eigenvalue weighted by molar-refractivity contribution is 8.00. The summed E-state index contributed by atoms with van der Waals surface area (Å²) in [5, 5.41) is 0.892. The van der Waals surface area contributed by atoms with Gasteiger partial charge in [-0.1, -0.05) is 32.4 Å². The predicted octanol–water partition coefficient (Wildman–Crippen LogP) is 4.85. The molecule has 78 valence electrons. The maximum Gasteiger partial charge on any atom is 0.0465 e. The minimum Gasteiger partial charge on any atom is -0.120 e. The lowest BCUT2D eigenvalue weighted by atomic mass is 10.2. The molecule has 0 heterocycles. The molecule has 1 rings (SSSR count). The Kier molecular flexibility index (Phi) is 3.54. The second kappa shape index (κ2) is 4.16. The number of halogens is 1. The van der Waals surface area contributed by atoms with E-state index in [-0.39, 0.29) is 4.75 Å². The van der Waals surface area contributed by atoms with E-state index in [1.807, 2.05) is 11.8 Å². The monoisotopic (exact) mass is 228 g/mol. The highest BCUT2D eigenvalue weighted by Gasteiger charge is 2.13. The van der Waals surface area contributed by atoms with Crippen molar-refractivity contribution in [3.63, 3.8) is 0 Å². The van der Waals surface area contributed by atoms with Crippen LogP contribution in [0.5, 0.6) is 0 Å². The smallest absolute Gasteiger partial charge is 0.0465 e. The van der Waals surface area contributed by atoms with Crippen LogP contribution in [0.4, 0.5) is 0 Å². The number of hydrogen-bond donors (Lipinski definition) is 0. The van der Waals surface area contributed by atoms with Crippen LogP contribution in [0.1, 0.15) is 31.9 Å². The zero-order chi connectivity index (χ0) is 10.9. The first kappa shape index (κ1) is 11.9. The maximum atomic E-state index is 6.11. The summed E-state index contributed by atoms with van der Waals surface area (Å²) in [7, 11) is 0. The van der Waals surface area contributed by atoms with Gasteiger partial charge in [-0.05, 0) is 37.1 Å². The molecule has 0 radical (unpaired) electrons. The van der Waals surface area contributed by atoms with Crippen LogP contribution in [0, 0.1) is 13.8 Å². The van der Waals surface area contributed by atoms with Crippen molar-refractivity contribution in [3.05, 3.63) is 28.3 Å².